The van der Waals surface area contributed by atoms with Gasteiger partial charge in [0.15, 0.2) is 0 Å². The van der Waals surface area contributed by atoms with E-state index in [0.717, 1.165) is 6.07 Å². The van der Waals surface area contributed by atoms with Gasteiger partial charge in [0.1, 0.15) is 5.82 Å². The first-order chi connectivity index (χ1) is 6.43. The predicted octanol–water partition coefficient (Wildman–Crippen LogP) is 1.49. The molecule has 0 aliphatic rings. The molecule has 0 fully saturated rings. The van der Waals surface area contributed by atoms with E-state index >= 15 is 0 Å². The zero-order valence-electron chi connectivity index (χ0n) is 7.14. The molecule has 76 valence electrons. The Kier molecular flexibility index (Phi) is 2.78. The average molecular weight is 203 g/mol. The van der Waals surface area contributed by atoms with Crippen LogP contribution in [-0.4, -0.2) is 11.8 Å². The van der Waals surface area contributed by atoms with E-state index in [2.05, 4.69) is 5.73 Å². The summed E-state index contributed by atoms with van der Waals surface area (Å²) in [6.45, 7) is 0. The summed E-state index contributed by atoms with van der Waals surface area (Å²) in [6, 6.07) is 5.02. The van der Waals surface area contributed by atoms with Crippen LogP contribution < -0.4 is 5.73 Å². The van der Waals surface area contributed by atoms with Crippen molar-refractivity contribution in [3.05, 3.63) is 35.6 Å². The van der Waals surface area contributed by atoms with Gasteiger partial charge in [-0.1, -0.05) is 18.2 Å². The van der Waals surface area contributed by atoms with Crippen molar-refractivity contribution in [3.63, 3.8) is 0 Å². The summed E-state index contributed by atoms with van der Waals surface area (Å²) < 4.78 is 38.4. The minimum absolute atomic E-state index is 0.226. The standard InChI is InChI=1S/C9H8F3NO/c10-7-4-2-1-3-6(7)5-9(11,12)8(13)14/h1-4H,5H2,(H2,13,14). The largest absolute Gasteiger partial charge is 0.364 e. The molecule has 0 aliphatic carbocycles. The molecule has 5 heteroatoms. The van der Waals surface area contributed by atoms with Crippen LogP contribution in [-0.2, 0) is 11.2 Å². The van der Waals surface area contributed by atoms with Crippen molar-refractivity contribution in [2.45, 2.75) is 12.3 Å². The Labute approximate surface area is 78.5 Å². The second-order valence-corrected chi connectivity index (χ2v) is 2.84. The quantitative estimate of drug-likeness (QED) is 0.794. The number of benzene rings is 1. The Morgan fingerprint density at radius 3 is 2.43 bits per heavy atom. The molecule has 0 aliphatic heterocycles. The fourth-order valence-corrected chi connectivity index (χ4v) is 0.968. The maximum atomic E-state index is 12.9. The summed E-state index contributed by atoms with van der Waals surface area (Å²) in [5.41, 5.74) is 4.23. The summed E-state index contributed by atoms with van der Waals surface area (Å²) in [4.78, 5) is 10.3. The van der Waals surface area contributed by atoms with Crippen LogP contribution in [0.4, 0.5) is 13.2 Å². The molecule has 1 amide bonds. The van der Waals surface area contributed by atoms with E-state index in [-0.39, 0.29) is 5.56 Å². The number of primary amides is 1. The Balaban J connectivity index is 2.89. The van der Waals surface area contributed by atoms with Gasteiger partial charge in [0.25, 0.3) is 5.91 Å². The van der Waals surface area contributed by atoms with Crippen LogP contribution in [0.1, 0.15) is 5.56 Å². The number of hydrogen-bond acceptors (Lipinski definition) is 1. The predicted molar refractivity (Wildman–Crippen MR) is 44.2 cm³/mol. The highest BCUT2D eigenvalue weighted by Crippen LogP contribution is 2.21. The van der Waals surface area contributed by atoms with Crippen LogP contribution in [0, 0.1) is 5.82 Å². The van der Waals surface area contributed by atoms with E-state index in [1.54, 1.807) is 0 Å². The van der Waals surface area contributed by atoms with Crippen LogP contribution in [0.5, 0.6) is 0 Å². The molecule has 0 radical (unpaired) electrons. The molecule has 0 spiro atoms. The van der Waals surface area contributed by atoms with Crippen molar-refractivity contribution in [1.82, 2.24) is 0 Å². The van der Waals surface area contributed by atoms with E-state index in [4.69, 9.17) is 0 Å². The summed E-state index contributed by atoms with van der Waals surface area (Å²) in [7, 11) is 0. The topological polar surface area (TPSA) is 43.1 Å². The van der Waals surface area contributed by atoms with Gasteiger partial charge in [-0.25, -0.2) is 4.39 Å². The molecule has 0 aromatic heterocycles. The molecule has 2 N–H and O–H groups in total. The van der Waals surface area contributed by atoms with Crippen LogP contribution in [0.15, 0.2) is 24.3 Å². The first-order valence-corrected chi connectivity index (χ1v) is 3.84. The Hall–Kier alpha value is -1.52. The number of nitrogens with two attached hydrogens (primary N) is 1. The van der Waals surface area contributed by atoms with Crippen LogP contribution in [0.3, 0.4) is 0 Å². The van der Waals surface area contributed by atoms with Crippen LogP contribution in [0.25, 0.3) is 0 Å². The van der Waals surface area contributed by atoms with Crippen molar-refractivity contribution in [2.75, 3.05) is 0 Å². The van der Waals surface area contributed by atoms with Gasteiger partial charge in [0.05, 0.1) is 0 Å². The SMILES string of the molecule is NC(=O)C(F)(F)Cc1ccccc1F. The molecule has 1 aromatic rings. The van der Waals surface area contributed by atoms with Gasteiger partial charge in [-0.2, -0.15) is 8.78 Å². The number of hydrogen-bond donors (Lipinski definition) is 1. The first kappa shape index (κ1) is 10.6. The minimum Gasteiger partial charge on any atom is -0.364 e. The van der Waals surface area contributed by atoms with Crippen molar-refractivity contribution in [2.24, 2.45) is 5.73 Å². The van der Waals surface area contributed by atoms with E-state index in [1.807, 2.05) is 0 Å². The number of rotatable bonds is 3. The van der Waals surface area contributed by atoms with Crippen molar-refractivity contribution < 1.29 is 18.0 Å². The number of halogens is 3. The lowest BCUT2D eigenvalue weighted by Crippen LogP contribution is -2.37. The number of amides is 1. The van der Waals surface area contributed by atoms with Gasteiger partial charge in [-0.05, 0) is 11.6 Å². The van der Waals surface area contributed by atoms with Gasteiger partial charge < -0.3 is 5.73 Å². The molecular formula is C9H8F3NO. The fourth-order valence-electron chi connectivity index (χ4n) is 0.968. The van der Waals surface area contributed by atoms with Crippen molar-refractivity contribution in [1.29, 1.82) is 0 Å². The highest BCUT2D eigenvalue weighted by atomic mass is 19.3. The lowest BCUT2D eigenvalue weighted by Gasteiger charge is -2.12. The summed E-state index contributed by atoms with van der Waals surface area (Å²) in [6.07, 6.45) is -1.00. The highest BCUT2D eigenvalue weighted by Gasteiger charge is 2.37. The number of carbonyl (C=O) groups is 1. The van der Waals surface area contributed by atoms with E-state index < -0.39 is 24.1 Å². The minimum atomic E-state index is -3.71. The highest BCUT2D eigenvalue weighted by molar-refractivity contribution is 5.81. The number of alkyl halides is 2. The second-order valence-electron chi connectivity index (χ2n) is 2.84. The van der Waals surface area contributed by atoms with Crippen molar-refractivity contribution in [3.8, 4) is 0 Å². The molecule has 0 bridgehead atoms. The summed E-state index contributed by atoms with van der Waals surface area (Å²) in [5, 5.41) is 0. The molecule has 0 unspecified atom stereocenters. The lowest BCUT2D eigenvalue weighted by atomic mass is 10.1. The molecule has 1 rings (SSSR count). The van der Waals surface area contributed by atoms with Gasteiger partial charge >= 0.3 is 5.92 Å². The molecular weight excluding hydrogens is 195 g/mol. The molecule has 2 nitrogen and oxygen atoms in total. The molecule has 0 saturated heterocycles. The van der Waals surface area contributed by atoms with E-state index in [0.29, 0.717) is 0 Å². The smallest absolute Gasteiger partial charge is 0.328 e. The van der Waals surface area contributed by atoms with E-state index in [9.17, 15) is 18.0 Å². The Morgan fingerprint density at radius 2 is 1.93 bits per heavy atom. The summed E-state index contributed by atoms with van der Waals surface area (Å²) in [5.74, 6) is -6.23. The molecule has 14 heavy (non-hydrogen) atoms. The van der Waals surface area contributed by atoms with Gasteiger partial charge in [-0.15, -0.1) is 0 Å². The lowest BCUT2D eigenvalue weighted by molar-refractivity contribution is -0.141. The fraction of sp³-hybridized carbons (Fsp3) is 0.222. The first-order valence-electron chi connectivity index (χ1n) is 3.84. The maximum absolute atomic E-state index is 12.9. The average Bonchev–Trinajstić information content (AvgIpc) is 2.08. The third-order valence-electron chi connectivity index (χ3n) is 1.73. The zero-order chi connectivity index (χ0) is 10.8. The van der Waals surface area contributed by atoms with E-state index in [1.165, 1.54) is 18.2 Å². The van der Waals surface area contributed by atoms with Gasteiger partial charge in [0.2, 0.25) is 0 Å². The zero-order valence-corrected chi connectivity index (χ0v) is 7.14. The second kappa shape index (κ2) is 3.69. The van der Waals surface area contributed by atoms with Gasteiger partial charge in [-0.3, -0.25) is 4.79 Å². The maximum Gasteiger partial charge on any atom is 0.328 e. The van der Waals surface area contributed by atoms with Crippen LogP contribution in [0.2, 0.25) is 0 Å². The Bertz CT molecular complexity index is 352. The number of carbonyl (C=O) groups excluding carboxylic acids is 1. The molecule has 1 aromatic carbocycles. The monoisotopic (exact) mass is 203 g/mol. The van der Waals surface area contributed by atoms with Crippen molar-refractivity contribution >= 4 is 5.91 Å². The Morgan fingerprint density at radius 1 is 1.36 bits per heavy atom. The molecule has 0 saturated carbocycles. The molecule has 0 atom stereocenters. The van der Waals surface area contributed by atoms with Crippen LogP contribution >= 0.6 is 0 Å². The normalized spacial score (nSPS) is 11.4. The molecule has 0 heterocycles. The van der Waals surface area contributed by atoms with Gasteiger partial charge in [0, 0.05) is 6.42 Å². The third-order valence-corrected chi connectivity index (χ3v) is 1.73. The third kappa shape index (κ3) is 2.25. The summed E-state index contributed by atoms with van der Waals surface area (Å²) >= 11 is 0.